The fourth-order valence-electron chi connectivity index (χ4n) is 1.28. The van der Waals surface area contributed by atoms with Gasteiger partial charge in [-0.3, -0.25) is 0 Å². The van der Waals surface area contributed by atoms with E-state index in [1.165, 1.54) is 0 Å². The van der Waals surface area contributed by atoms with Crippen LogP contribution in [0.5, 0.6) is 0 Å². The first kappa shape index (κ1) is 37.2. The molecule has 0 heterocycles. The van der Waals surface area contributed by atoms with Crippen LogP contribution in [0.4, 0.5) is 0 Å². The van der Waals surface area contributed by atoms with Crippen LogP contribution in [0.1, 0.15) is 0 Å². The Hall–Kier alpha value is 1.39. The Balaban J connectivity index is -0.0000000667. The van der Waals surface area contributed by atoms with E-state index in [-0.39, 0.29) is 63.8 Å². The molecule has 0 unspecified atom stereocenters. The van der Waals surface area contributed by atoms with E-state index in [0.717, 1.165) is 0 Å². The molecule has 4 aliphatic carbocycles. The van der Waals surface area contributed by atoms with Crippen LogP contribution in [0.3, 0.4) is 0 Å². The standard InChI is InChI=1S/4C5H5.2CH3.H2O.2Ti/c4*1-2-4-5-3-1;;;;;/h4*1-5H;2*1H3;1H2;;/q;;;;2*-1;;;. The van der Waals surface area contributed by atoms with Gasteiger partial charge < -0.3 is 20.3 Å². The Morgan fingerprint density at radius 2 is 0.240 bits per heavy atom. The second-order valence-electron chi connectivity index (χ2n) is 3.85. The second kappa shape index (κ2) is 33.0. The van der Waals surface area contributed by atoms with Gasteiger partial charge in [0.05, 0.1) is 0 Å². The number of rotatable bonds is 0. The molecule has 2 N–H and O–H groups in total. The van der Waals surface area contributed by atoms with Gasteiger partial charge in [-0.1, -0.05) is 0 Å². The summed E-state index contributed by atoms with van der Waals surface area (Å²) in [5.41, 5.74) is 0. The van der Waals surface area contributed by atoms with E-state index in [0.29, 0.717) is 0 Å². The van der Waals surface area contributed by atoms with Gasteiger partial charge in [0.1, 0.15) is 0 Å². The van der Waals surface area contributed by atoms with Crippen molar-refractivity contribution in [3.05, 3.63) is 143 Å². The topological polar surface area (TPSA) is 31.5 Å². The maximum absolute atomic E-state index is 2.00. The first-order chi connectivity index (χ1) is 10.0. The molecule has 4 aliphatic rings. The van der Waals surface area contributed by atoms with Gasteiger partial charge in [-0.05, 0) is 128 Å². The van der Waals surface area contributed by atoms with Crippen molar-refractivity contribution < 1.29 is 48.9 Å². The molecule has 132 valence electrons. The molecule has 0 aromatic heterocycles. The summed E-state index contributed by atoms with van der Waals surface area (Å²) in [6.45, 7) is 0. The fourth-order valence-corrected chi connectivity index (χ4v) is 1.28. The van der Waals surface area contributed by atoms with Gasteiger partial charge in [0.15, 0.2) is 0 Å². The van der Waals surface area contributed by atoms with Crippen molar-refractivity contribution >= 4 is 0 Å². The largest absolute Gasteiger partial charge is 0.412 e. The number of hydrogen-bond donors (Lipinski definition) is 0. The first-order valence-electron chi connectivity index (χ1n) is 6.67. The average Bonchev–Trinajstić information content (AvgIpc) is 3.40. The quantitative estimate of drug-likeness (QED) is 0.429. The van der Waals surface area contributed by atoms with E-state index in [2.05, 4.69) is 0 Å². The maximum atomic E-state index is 2.00. The first-order valence-corrected chi connectivity index (χ1v) is 6.67. The van der Waals surface area contributed by atoms with Gasteiger partial charge in [0, 0.05) is 43.4 Å². The van der Waals surface area contributed by atoms with Gasteiger partial charge in [-0.2, -0.15) is 0 Å². The van der Waals surface area contributed by atoms with Gasteiger partial charge in [0.2, 0.25) is 0 Å². The van der Waals surface area contributed by atoms with Crippen molar-refractivity contribution in [1.29, 1.82) is 0 Å². The van der Waals surface area contributed by atoms with E-state index >= 15 is 0 Å². The van der Waals surface area contributed by atoms with E-state index in [1.807, 2.05) is 128 Å². The van der Waals surface area contributed by atoms with Crippen LogP contribution in [0.25, 0.3) is 0 Å². The second-order valence-corrected chi connectivity index (χ2v) is 3.85. The molecule has 20 radical (unpaired) electrons. The van der Waals surface area contributed by atoms with Crippen LogP contribution in [-0.4, -0.2) is 5.48 Å². The third kappa shape index (κ3) is 30.4. The monoisotopic (exact) mass is 404 g/mol. The minimum atomic E-state index is 0. The Morgan fingerprint density at radius 1 is 0.200 bits per heavy atom. The molecule has 0 saturated heterocycles. The molecule has 0 aromatic rings. The fraction of sp³-hybridized carbons (Fsp3) is 0. The molecular formula is C22H28OTi2-2. The zero-order valence-corrected chi connectivity index (χ0v) is 18.2. The molecule has 0 bridgehead atoms. The summed E-state index contributed by atoms with van der Waals surface area (Å²) in [7, 11) is 0. The van der Waals surface area contributed by atoms with E-state index in [4.69, 9.17) is 0 Å². The molecule has 0 amide bonds. The molecule has 4 fully saturated rings. The van der Waals surface area contributed by atoms with Crippen LogP contribution < -0.4 is 0 Å². The van der Waals surface area contributed by atoms with Crippen LogP contribution in [0.15, 0.2) is 0 Å². The molecule has 4 rings (SSSR count). The van der Waals surface area contributed by atoms with E-state index < -0.39 is 0 Å². The van der Waals surface area contributed by atoms with Crippen molar-refractivity contribution in [3.63, 3.8) is 0 Å². The van der Waals surface area contributed by atoms with Crippen LogP contribution in [-0.2, 0) is 43.4 Å². The van der Waals surface area contributed by atoms with Crippen molar-refractivity contribution in [2.24, 2.45) is 0 Å². The average molecular weight is 404 g/mol. The van der Waals surface area contributed by atoms with Crippen molar-refractivity contribution in [2.45, 2.75) is 0 Å². The minimum Gasteiger partial charge on any atom is -0.412 e. The zero-order valence-electron chi connectivity index (χ0n) is 15.0. The Bertz CT molecular complexity index is 102. The molecule has 0 atom stereocenters. The molecular weight excluding hydrogens is 376 g/mol. The maximum Gasteiger partial charge on any atom is 0 e. The summed E-state index contributed by atoms with van der Waals surface area (Å²) in [6.07, 6.45) is 40.0. The summed E-state index contributed by atoms with van der Waals surface area (Å²) >= 11 is 0. The summed E-state index contributed by atoms with van der Waals surface area (Å²) in [4.78, 5) is 0. The van der Waals surface area contributed by atoms with Crippen LogP contribution >= 0.6 is 0 Å². The summed E-state index contributed by atoms with van der Waals surface area (Å²) in [5, 5.41) is 0. The number of hydrogen-bond acceptors (Lipinski definition) is 0. The molecule has 1 nitrogen and oxygen atoms in total. The SMILES string of the molecule is O.[CH3-].[CH3-].[CH]1[CH][CH][CH][CH]1.[CH]1[CH][CH][CH][CH]1.[CH]1[CH][CH][CH][CH]1.[CH]1[CH][CH][CH][CH]1.[Ti].[Ti]. The third-order valence-electron chi connectivity index (χ3n) is 2.22. The molecule has 0 aromatic carbocycles. The van der Waals surface area contributed by atoms with Crippen molar-refractivity contribution in [3.8, 4) is 0 Å². The minimum absolute atomic E-state index is 0. The van der Waals surface area contributed by atoms with Crippen molar-refractivity contribution in [2.75, 3.05) is 0 Å². The molecule has 3 heteroatoms. The van der Waals surface area contributed by atoms with Crippen LogP contribution in [0, 0.1) is 143 Å². The Morgan fingerprint density at radius 3 is 0.280 bits per heavy atom. The Labute approximate surface area is 191 Å². The molecule has 0 aliphatic heterocycles. The predicted octanol–water partition coefficient (Wildman–Crippen LogP) is 4.16. The normalized spacial score (nSPS) is 19.2. The zero-order chi connectivity index (χ0) is 14.1. The summed E-state index contributed by atoms with van der Waals surface area (Å²) in [6, 6.07) is 0. The summed E-state index contributed by atoms with van der Waals surface area (Å²) < 4.78 is 0. The predicted molar refractivity (Wildman–Crippen MR) is 102 cm³/mol. The third-order valence-corrected chi connectivity index (χ3v) is 2.22. The van der Waals surface area contributed by atoms with Gasteiger partial charge in [-0.15, -0.1) is 0 Å². The molecule has 0 spiro atoms. The molecule has 25 heavy (non-hydrogen) atoms. The van der Waals surface area contributed by atoms with Gasteiger partial charge in [-0.25, -0.2) is 0 Å². The van der Waals surface area contributed by atoms with E-state index in [9.17, 15) is 0 Å². The Kier molecular flexibility index (Phi) is 49.1. The smallest absolute Gasteiger partial charge is 0 e. The van der Waals surface area contributed by atoms with Crippen LogP contribution in [0.2, 0.25) is 0 Å². The van der Waals surface area contributed by atoms with Gasteiger partial charge >= 0.3 is 0 Å². The molecule has 4 saturated carbocycles. The summed E-state index contributed by atoms with van der Waals surface area (Å²) in [5.74, 6) is 0. The van der Waals surface area contributed by atoms with Gasteiger partial charge in [0.25, 0.3) is 0 Å². The van der Waals surface area contributed by atoms with E-state index in [1.54, 1.807) is 0 Å². The van der Waals surface area contributed by atoms with Crippen molar-refractivity contribution in [1.82, 2.24) is 0 Å².